The van der Waals surface area contributed by atoms with E-state index in [0.717, 1.165) is 12.2 Å². The summed E-state index contributed by atoms with van der Waals surface area (Å²) in [4.78, 5) is 0. The highest BCUT2D eigenvalue weighted by molar-refractivity contribution is 7.65. The molecule has 8 heavy (non-hydrogen) atoms. The van der Waals surface area contributed by atoms with Gasteiger partial charge in [-0.25, -0.2) is 0 Å². The Morgan fingerprint density at radius 2 is 1.88 bits per heavy atom. The van der Waals surface area contributed by atoms with Crippen molar-refractivity contribution in [3.8, 4) is 0 Å². The van der Waals surface area contributed by atoms with Crippen molar-refractivity contribution in [3.63, 3.8) is 0 Å². The van der Waals surface area contributed by atoms with Crippen LogP contribution < -0.4 is 0 Å². The summed E-state index contributed by atoms with van der Waals surface area (Å²) >= 11 is 0.678. The fraction of sp³-hybridized carbons (Fsp3) is 1.00. The minimum atomic E-state index is 0.331. The van der Waals surface area contributed by atoms with Gasteiger partial charge >= 0.3 is 11.7 Å². The van der Waals surface area contributed by atoms with E-state index >= 15 is 0 Å². The molecule has 0 saturated carbocycles. The van der Waals surface area contributed by atoms with Crippen LogP contribution >= 0.6 is 0 Å². The summed E-state index contributed by atoms with van der Waals surface area (Å²) in [7, 11) is 0. The number of hydrogen-bond donors (Lipinski definition) is 0. The first kappa shape index (κ1) is 8.02. The fourth-order valence-corrected chi connectivity index (χ4v) is 1.04. The molecule has 0 bridgehead atoms. The topological polar surface area (TPSA) is 17.1 Å². The Morgan fingerprint density at radius 3 is 2.00 bits per heavy atom. The maximum absolute atomic E-state index is 9.89. The van der Waals surface area contributed by atoms with Crippen LogP contribution in [0.3, 0.4) is 0 Å². The van der Waals surface area contributed by atoms with Gasteiger partial charge in [0.1, 0.15) is 0 Å². The van der Waals surface area contributed by atoms with Crippen LogP contribution in [-0.2, 0) is 15.9 Å². The second-order valence-electron chi connectivity index (χ2n) is 3.13. The van der Waals surface area contributed by atoms with E-state index in [1.54, 1.807) is 0 Å². The molecule has 0 aromatic carbocycles. The van der Waals surface area contributed by atoms with Crippen molar-refractivity contribution in [3.05, 3.63) is 0 Å². The standard InChI is InChI=1S/C6H13OS/c1-6(2,3)4-5-8-7/h4-5H2,1-3H3/q+1. The average molecular weight is 133 g/mol. The summed E-state index contributed by atoms with van der Waals surface area (Å²) in [6.45, 7) is 6.43. The third-order valence-corrected chi connectivity index (χ3v) is 1.31. The van der Waals surface area contributed by atoms with Gasteiger partial charge in [-0.3, -0.25) is 0 Å². The average Bonchev–Trinajstić information content (AvgIpc) is 1.59. The number of hydrogen-bond acceptors (Lipinski definition) is 1. The summed E-state index contributed by atoms with van der Waals surface area (Å²) in [5.74, 6) is 0.740. The molecule has 0 radical (unpaired) electrons. The molecule has 0 fully saturated rings. The van der Waals surface area contributed by atoms with Crippen LogP contribution in [0.25, 0.3) is 0 Å². The van der Waals surface area contributed by atoms with Gasteiger partial charge in [0.15, 0.2) is 0 Å². The predicted octanol–water partition coefficient (Wildman–Crippen LogP) is 1.85. The molecule has 0 spiro atoms. The summed E-state index contributed by atoms with van der Waals surface area (Å²) < 4.78 is 9.89. The zero-order valence-corrected chi connectivity index (χ0v) is 6.55. The molecule has 0 N–H and O–H groups in total. The largest absolute Gasteiger partial charge is 0.458 e. The minimum Gasteiger partial charge on any atom is -0.0600 e. The predicted molar refractivity (Wildman–Crippen MR) is 37.0 cm³/mol. The molecule has 0 aromatic rings. The van der Waals surface area contributed by atoms with E-state index in [1.165, 1.54) is 0 Å². The smallest absolute Gasteiger partial charge is 0.0600 e. The van der Waals surface area contributed by atoms with Crippen molar-refractivity contribution < 1.29 is 4.21 Å². The third-order valence-electron chi connectivity index (χ3n) is 0.935. The molecule has 0 atom stereocenters. The van der Waals surface area contributed by atoms with Crippen molar-refractivity contribution in [2.45, 2.75) is 27.2 Å². The van der Waals surface area contributed by atoms with Gasteiger partial charge in [0.05, 0.1) is 0 Å². The van der Waals surface area contributed by atoms with Gasteiger partial charge in [-0.2, -0.15) is 0 Å². The Bertz CT molecular complexity index is 73.1. The van der Waals surface area contributed by atoms with Crippen LogP contribution in [0.5, 0.6) is 0 Å². The van der Waals surface area contributed by atoms with Crippen LogP contribution in [0.15, 0.2) is 0 Å². The van der Waals surface area contributed by atoms with E-state index < -0.39 is 0 Å². The molecule has 48 valence electrons. The lowest BCUT2D eigenvalue weighted by molar-refractivity contribution is 0.400. The third kappa shape index (κ3) is 6.02. The van der Waals surface area contributed by atoms with Crippen LogP contribution in [0, 0.1) is 5.41 Å². The highest BCUT2D eigenvalue weighted by atomic mass is 32.1. The van der Waals surface area contributed by atoms with Gasteiger partial charge in [-0.1, -0.05) is 20.8 Å². The first-order valence-corrected chi connectivity index (χ1v) is 3.72. The molecule has 0 saturated heterocycles. The van der Waals surface area contributed by atoms with Crippen molar-refractivity contribution in [2.24, 2.45) is 5.41 Å². The quantitative estimate of drug-likeness (QED) is 0.525. The Balaban J connectivity index is 3.24. The maximum Gasteiger partial charge on any atom is 0.458 e. The molecular formula is C6H13OS+. The molecule has 0 rings (SSSR count). The fourth-order valence-electron chi connectivity index (χ4n) is 0.348. The van der Waals surface area contributed by atoms with E-state index in [-0.39, 0.29) is 0 Å². The van der Waals surface area contributed by atoms with Crippen molar-refractivity contribution in [2.75, 3.05) is 5.75 Å². The molecule has 0 aliphatic carbocycles. The SMILES string of the molecule is CC(C)(C)CC[S+]=O. The molecule has 0 amide bonds. The van der Waals surface area contributed by atoms with Gasteiger partial charge in [0, 0.05) is 10.6 Å². The van der Waals surface area contributed by atoms with E-state index in [2.05, 4.69) is 20.8 Å². The van der Waals surface area contributed by atoms with E-state index in [0.29, 0.717) is 17.1 Å². The second-order valence-corrected chi connectivity index (χ2v) is 3.78. The van der Waals surface area contributed by atoms with Gasteiger partial charge in [0.2, 0.25) is 5.75 Å². The molecule has 2 heteroatoms. The van der Waals surface area contributed by atoms with Crippen LogP contribution in [0.2, 0.25) is 0 Å². The Labute approximate surface area is 55.0 Å². The van der Waals surface area contributed by atoms with Crippen LogP contribution in [-0.4, -0.2) is 5.75 Å². The molecule has 0 heterocycles. The summed E-state index contributed by atoms with van der Waals surface area (Å²) in [6.07, 6.45) is 1.02. The van der Waals surface area contributed by atoms with E-state index in [4.69, 9.17) is 0 Å². The van der Waals surface area contributed by atoms with E-state index in [9.17, 15) is 4.21 Å². The Morgan fingerprint density at radius 1 is 1.38 bits per heavy atom. The molecule has 0 aromatic heterocycles. The monoisotopic (exact) mass is 133 g/mol. The van der Waals surface area contributed by atoms with Crippen molar-refractivity contribution in [1.82, 2.24) is 0 Å². The molecule has 0 aliphatic heterocycles. The van der Waals surface area contributed by atoms with E-state index in [1.807, 2.05) is 0 Å². The first-order chi connectivity index (χ1) is 3.56. The lowest BCUT2D eigenvalue weighted by Crippen LogP contribution is -2.06. The lowest BCUT2D eigenvalue weighted by Gasteiger charge is -2.11. The van der Waals surface area contributed by atoms with Gasteiger partial charge < -0.3 is 0 Å². The first-order valence-electron chi connectivity index (χ1n) is 2.81. The zero-order valence-electron chi connectivity index (χ0n) is 5.73. The summed E-state index contributed by atoms with van der Waals surface area (Å²) in [6, 6.07) is 0. The van der Waals surface area contributed by atoms with Crippen LogP contribution in [0.4, 0.5) is 0 Å². The van der Waals surface area contributed by atoms with Gasteiger partial charge in [0.25, 0.3) is 0 Å². The second kappa shape index (κ2) is 3.13. The highest BCUT2D eigenvalue weighted by Crippen LogP contribution is 2.17. The van der Waals surface area contributed by atoms with Gasteiger partial charge in [-0.05, 0) is 5.41 Å². The molecule has 1 nitrogen and oxygen atoms in total. The Hall–Kier alpha value is 0.0200. The van der Waals surface area contributed by atoms with Crippen LogP contribution in [0.1, 0.15) is 27.2 Å². The zero-order chi connectivity index (χ0) is 6.62. The summed E-state index contributed by atoms with van der Waals surface area (Å²) in [5, 5.41) is 0. The highest BCUT2D eigenvalue weighted by Gasteiger charge is 2.13. The van der Waals surface area contributed by atoms with Crippen molar-refractivity contribution in [1.29, 1.82) is 0 Å². The molecule has 0 aliphatic rings. The number of rotatable bonds is 2. The lowest BCUT2D eigenvalue weighted by atomic mass is 9.94. The normalized spacial score (nSPS) is 11.4. The Kier molecular flexibility index (Phi) is 3.13. The minimum absolute atomic E-state index is 0.331. The van der Waals surface area contributed by atoms with Crippen molar-refractivity contribution >= 4 is 11.7 Å². The maximum atomic E-state index is 9.89. The van der Waals surface area contributed by atoms with Gasteiger partial charge in [-0.15, -0.1) is 0 Å². The molecule has 0 unspecified atom stereocenters. The summed E-state index contributed by atoms with van der Waals surface area (Å²) in [5.41, 5.74) is 0.331. The molecular weight excluding hydrogens is 120 g/mol.